The van der Waals surface area contributed by atoms with E-state index in [1.54, 1.807) is 27.5 Å². The maximum Gasteiger partial charge on any atom is 0.226 e. The Balaban J connectivity index is 1.64. The van der Waals surface area contributed by atoms with Crippen LogP contribution in [0.1, 0.15) is 11.3 Å². The lowest BCUT2D eigenvalue weighted by molar-refractivity contribution is -0.120. The number of hydrogen-bond donors (Lipinski definition) is 1. The van der Waals surface area contributed by atoms with Gasteiger partial charge in [-0.2, -0.15) is 0 Å². The first-order chi connectivity index (χ1) is 13.7. The summed E-state index contributed by atoms with van der Waals surface area (Å²) in [7, 11) is 4.74. The summed E-state index contributed by atoms with van der Waals surface area (Å²) in [4.78, 5) is 16.8. The smallest absolute Gasteiger partial charge is 0.226 e. The van der Waals surface area contributed by atoms with Gasteiger partial charge in [-0.3, -0.25) is 9.78 Å². The van der Waals surface area contributed by atoms with E-state index in [0.29, 0.717) is 30.2 Å². The summed E-state index contributed by atoms with van der Waals surface area (Å²) in [5, 5.41) is 5.04. The van der Waals surface area contributed by atoms with E-state index in [0.717, 1.165) is 22.0 Å². The molecule has 0 fully saturated rings. The van der Waals surface area contributed by atoms with Crippen LogP contribution in [0.15, 0.2) is 48.7 Å². The Bertz CT molecular complexity index is 967. The highest BCUT2D eigenvalue weighted by molar-refractivity contribution is 5.88. The number of methoxy groups -OCH3 is 3. The second-order valence-corrected chi connectivity index (χ2v) is 6.25. The number of hydrogen-bond acceptors (Lipinski definition) is 5. The van der Waals surface area contributed by atoms with E-state index in [-0.39, 0.29) is 12.3 Å². The number of nitrogens with zero attached hydrogens (tertiary/aromatic N) is 1. The van der Waals surface area contributed by atoms with Crippen LogP contribution >= 0.6 is 0 Å². The fraction of sp³-hybridized carbons (Fsp3) is 0.273. The Labute approximate surface area is 164 Å². The second-order valence-electron chi connectivity index (χ2n) is 6.25. The van der Waals surface area contributed by atoms with Gasteiger partial charge in [0.2, 0.25) is 11.7 Å². The lowest BCUT2D eigenvalue weighted by Gasteiger charge is -2.16. The summed E-state index contributed by atoms with van der Waals surface area (Å²) in [5.41, 5.74) is 1.71. The molecule has 0 atom stereocenters. The van der Waals surface area contributed by atoms with Gasteiger partial charge in [0.15, 0.2) is 11.5 Å². The molecule has 6 nitrogen and oxygen atoms in total. The van der Waals surface area contributed by atoms with Crippen LogP contribution in [0.25, 0.3) is 10.8 Å². The highest BCUT2D eigenvalue weighted by Gasteiger charge is 2.16. The minimum Gasteiger partial charge on any atom is -0.493 e. The number of nitrogens with one attached hydrogen (secondary N) is 1. The van der Waals surface area contributed by atoms with Gasteiger partial charge >= 0.3 is 0 Å². The van der Waals surface area contributed by atoms with Gasteiger partial charge in [0.1, 0.15) is 0 Å². The molecule has 1 amide bonds. The molecule has 3 aromatic rings. The van der Waals surface area contributed by atoms with Crippen molar-refractivity contribution in [2.75, 3.05) is 27.9 Å². The number of ether oxygens (including phenoxy) is 3. The van der Waals surface area contributed by atoms with Crippen molar-refractivity contribution in [1.29, 1.82) is 0 Å². The zero-order chi connectivity index (χ0) is 19.9. The zero-order valence-corrected chi connectivity index (χ0v) is 16.3. The fourth-order valence-corrected chi connectivity index (χ4v) is 3.23. The molecular formula is C22H24N2O4. The van der Waals surface area contributed by atoms with E-state index >= 15 is 0 Å². The molecule has 0 radical (unpaired) electrons. The summed E-state index contributed by atoms with van der Waals surface area (Å²) in [5.74, 6) is 1.71. The number of carbonyl (C=O) groups is 1. The van der Waals surface area contributed by atoms with Crippen molar-refractivity contribution in [3.8, 4) is 17.2 Å². The molecule has 2 aromatic carbocycles. The van der Waals surface area contributed by atoms with Crippen molar-refractivity contribution in [3.05, 3.63) is 59.9 Å². The SMILES string of the molecule is COc1ccc(CCNC(=O)Cc2nccc3ccccc23)c(OC)c1OC. The Morgan fingerprint density at radius 2 is 1.75 bits per heavy atom. The minimum absolute atomic E-state index is 0.0664. The first-order valence-electron chi connectivity index (χ1n) is 9.05. The van der Waals surface area contributed by atoms with Gasteiger partial charge in [-0.25, -0.2) is 0 Å². The van der Waals surface area contributed by atoms with E-state index in [2.05, 4.69) is 10.3 Å². The molecule has 0 bridgehead atoms. The number of benzene rings is 2. The summed E-state index contributed by atoms with van der Waals surface area (Å²) in [6.45, 7) is 0.482. The molecule has 0 saturated carbocycles. The number of aromatic nitrogens is 1. The zero-order valence-electron chi connectivity index (χ0n) is 16.3. The van der Waals surface area contributed by atoms with E-state index in [4.69, 9.17) is 14.2 Å². The molecule has 1 aromatic heterocycles. The van der Waals surface area contributed by atoms with Crippen molar-refractivity contribution in [2.45, 2.75) is 12.8 Å². The Kier molecular flexibility index (Phi) is 6.32. The standard InChI is InChI=1S/C22H24N2O4/c1-26-19-9-8-16(21(27-2)22(19)28-3)11-13-24-20(25)14-18-17-7-5-4-6-15(17)10-12-23-18/h4-10,12H,11,13-14H2,1-3H3,(H,24,25). The van der Waals surface area contributed by atoms with Gasteiger partial charge in [0, 0.05) is 23.7 Å². The van der Waals surface area contributed by atoms with Crippen LogP contribution in [0.2, 0.25) is 0 Å². The van der Waals surface area contributed by atoms with Gasteiger partial charge in [-0.1, -0.05) is 30.3 Å². The lowest BCUT2D eigenvalue weighted by Crippen LogP contribution is -2.27. The molecule has 28 heavy (non-hydrogen) atoms. The molecule has 146 valence electrons. The third-order valence-corrected chi connectivity index (χ3v) is 4.59. The van der Waals surface area contributed by atoms with Gasteiger partial charge in [0.25, 0.3) is 0 Å². The molecule has 0 saturated heterocycles. The van der Waals surface area contributed by atoms with E-state index < -0.39 is 0 Å². The van der Waals surface area contributed by atoms with Gasteiger partial charge in [-0.15, -0.1) is 0 Å². The van der Waals surface area contributed by atoms with Gasteiger partial charge in [0.05, 0.1) is 33.4 Å². The quantitative estimate of drug-likeness (QED) is 0.650. The van der Waals surface area contributed by atoms with E-state index in [1.807, 2.05) is 42.5 Å². The van der Waals surface area contributed by atoms with Crippen molar-refractivity contribution in [1.82, 2.24) is 10.3 Å². The summed E-state index contributed by atoms with van der Waals surface area (Å²) >= 11 is 0. The first-order valence-corrected chi connectivity index (χ1v) is 9.05. The van der Waals surface area contributed by atoms with Crippen molar-refractivity contribution in [3.63, 3.8) is 0 Å². The highest BCUT2D eigenvalue weighted by Crippen LogP contribution is 2.39. The third-order valence-electron chi connectivity index (χ3n) is 4.59. The van der Waals surface area contributed by atoms with Crippen LogP contribution in [-0.2, 0) is 17.6 Å². The Morgan fingerprint density at radius 3 is 2.50 bits per heavy atom. The summed E-state index contributed by atoms with van der Waals surface area (Å²) in [6, 6.07) is 13.6. The van der Waals surface area contributed by atoms with Gasteiger partial charge in [-0.05, 0) is 23.9 Å². The Hall–Kier alpha value is -3.28. The number of fused-ring (bicyclic) bond motifs is 1. The van der Waals surface area contributed by atoms with Crippen molar-refractivity contribution >= 4 is 16.7 Å². The first kappa shape index (κ1) is 19.5. The normalized spacial score (nSPS) is 10.5. The predicted molar refractivity (Wildman–Crippen MR) is 108 cm³/mol. The van der Waals surface area contributed by atoms with Crippen LogP contribution < -0.4 is 19.5 Å². The molecule has 0 aliphatic heterocycles. The molecule has 1 N–H and O–H groups in total. The van der Waals surface area contributed by atoms with Crippen LogP contribution in [0.5, 0.6) is 17.2 Å². The summed E-state index contributed by atoms with van der Waals surface area (Å²) in [6.07, 6.45) is 2.59. The second kappa shape index (κ2) is 9.08. The lowest BCUT2D eigenvalue weighted by atomic mass is 10.1. The third kappa shape index (κ3) is 4.17. The van der Waals surface area contributed by atoms with Crippen molar-refractivity contribution < 1.29 is 19.0 Å². The van der Waals surface area contributed by atoms with Crippen LogP contribution in [0.4, 0.5) is 0 Å². The minimum atomic E-state index is -0.0664. The fourth-order valence-electron chi connectivity index (χ4n) is 3.23. The predicted octanol–water partition coefficient (Wildman–Crippen LogP) is 3.16. The largest absolute Gasteiger partial charge is 0.493 e. The van der Waals surface area contributed by atoms with Crippen LogP contribution in [0.3, 0.4) is 0 Å². The number of carbonyl (C=O) groups excluding carboxylic acids is 1. The molecule has 6 heteroatoms. The average Bonchev–Trinajstić information content (AvgIpc) is 2.73. The van der Waals surface area contributed by atoms with E-state index in [1.165, 1.54) is 0 Å². The average molecular weight is 380 g/mol. The topological polar surface area (TPSA) is 69.7 Å². The molecule has 0 aliphatic carbocycles. The molecule has 1 heterocycles. The number of amides is 1. The molecule has 0 spiro atoms. The molecule has 3 rings (SSSR count). The van der Waals surface area contributed by atoms with Crippen LogP contribution in [0, 0.1) is 0 Å². The molecule has 0 aliphatic rings. The highest BCUT2D eigenvalue weighted by atomic mass is 16.5. The maximum atomic E-state index is 12.4. The maximum absolute atomic E-state index is 12.4. The monoisotopic (exact) mass is 380 g/mol. The van der Waals surface area contributed by atoms with Crippen LogP contribution in [-0.4, -0.2) is 38.8 Å². The van der Waals surface area contributed by atoms with Crippen molar-refractivity contribution in [2.24, 2.45) is 0 Å². The van der Waals surface area contributed by atoms with E-state index in [9.17, 15) is 4.79 Å². The Morgan fingerprint density at radius 1 is 0.964 bits per heavy atom. The number of pyridine rings is 1. The number of rotatable bonds is 8. The summed E-state index contributed by atoms with van der Waals surface area (Å²) < 4.78 is 16.2. The molecule has 0 unspecified atom stereocenters. The van der Waals surface area contributed by atoms with Gasteiger partial charge < -0.3 is 19.5 Å². The molecular weight excluding hydrogens is 356 g/mol.